The van der Waals surface area contributed by atoms with Crippen LogP contribution >= 0.6 is 24.0 Å². The van der Waals surface area contributed by atoms with Gasteiger partial charge >= 0.3 is 0 Å². The number of nitrogens with one attached hydrogen (secondary N) is 1. The molecule has 1 N–H and O–H groups in total. The highest BCUT2D eigenvalue weighted by molar-refractivity contribution is 6.38. The Labute approximate surface area is 182 Å². The Balaban J connectivity index is 0.00000256. The smallest absolute Gasteiger partial charge is 0.266 e. The summed E-state index contributed by atoms with van der Waals surface area (Å²) in [5.74, 6) is -1.54. The topological polar surface area (TPSA) is 97.5 Å². The number of aromatic nitrogens is 1. The van der Waals surface area contributed by atoms with E-state index in [1.807, 2.05) is 11.9 Å². The standard InChI is InChI=1S/C19H20ClFN4O4.ClH/c1-22-10-4-5-23(7-10)18-14(21)6-12-17(16(18)20)24(11-2-3-11)8-13(19(12)27)15(26)9-25(28)29;/h6,8,10-11,22H,2-5,7,9H2,1H3;1H/t10-;/m0./s1. The summed E-state index contributed by atoms with van der Waals surface area (Å²) < 4.78 is 16.8. The lowest BCUT2D eigenvalue weighted by Gasteiger charge is -2.23. The van der Waals surface area contributed by atoms with Gasteiger partial charge in [-0.2, -0.15) is 0 Å². The first-order chi connectivity index (χ1) is 13.8. The van der Waals surface area contributed by atoms with E-state index in [1.54, 1.807) is 4.57 Å². The van der Waals surface area contributed by atoms with Crippen LogP contribution in [0, 0.1) is 15.9 Å². The normalized spacial score (nSPS) is 18.5. The molecule has 0 bridgehead atoms. The average Bonchev–Trinajstić information content (AvgIpc) is 3.40. The fraction of sp³-hybridized carbons (Fsp3) is 0.474. The van der Waals surface area contributed by atoms with Gasteiger partial charge in [0.2, 0.25) is 11.2 Å². The molecule has 1 saturated heterocycles. The number of halogens is 3. The number of anilines is 1. The van der Waals surface area contributed by atoms with Gasteiger partial charge < -0.3 is 14.8 Å². The van der Waals surface area contributed by atoms with Gasteiger partial charge in [-0.25, -0.2) is 4.39 Å². The maximum Gasteiger partial charge on any atom is 0.266 e. The first-order valence-electron chi connectivity index (χ1n) is 9.45. The van der Waals surface area contributed by atoms with Crippen LogP contribution in [-0.2, 0) is 0 Å². The Bertz CT molecular complexity index is 1090. The molecule has 30 heavy (non-hydrogen) atoms. The lowest BCUT2D eigenvalue weighted by atomic mass is 10.1. The largest absolute Gasteiger partial charge is 0.366 e. The molecule has 0 radical (unpaired) electrons. The Morgan fingerprint density at radius 3 is 2.67 bits per heavy atom. The zero-order valence-electron chi connectivity index (χ0n) is 16.2. The third-order valence-electron chi connectivity index (χ3n) is 5.61. The van der Waals surface area contributed by atoms with Crippen LogP contribution in [0.4, 0.5) is 10.1 Å². The molecule has 2 heterocycles. The molecule has 2 aromatic rings. The number of hydrogen-bond acceptors (Lipinski definition) is 6. The number of nitro groups is 1. The minimum absolute atomic E-state index is 0. The predicted molar refractivity (Wildman–Crippen MR) is 115 cm³/mol. The highest BCUT2D eigenvalue weighted by Gasteiger charge is 2.32. The van der Waals surface area contributed by atoms with Crippen LogP contribution in [0.2, 0.25) is 5.02 Å². The van der Waals surface area contributed by atoms with Crippen molar-refractivity contribution in [3.05, 3.63) is 49.0 Å². The van der Waals surface area contributed by atoms with E-state index >= 15 is 4.39 Å². The molecule has 2 aliphatic rings. The van der Waals surface area contributed by atoms with E-state index in [2.05, 4.69) is 5.32 Å². The van der Waals surface area contributed by atoms with Crippen LogP contribution in [0.15, 0.2) is 17.1 Å². The number of Topliss-reactive ketones (excluding diaryl/α,β-unsaturated/α-hetero) is 1. The van der Waals surface area contributed by atoms with Crippen molar-refractivity contribution in [2.45, 2.75) is 31.3 Å². The highest BCUT2D eigenvalue weighted by Crippen LogP contribution is 2.42. The number of rotatable bonds is 6. The van der Waals surface area contributed by atoms with Gasteiger partial charge in [0.25, 0.3) is 6.54 Å². The monoisotopic (exact) mass is 458 g/mol. The Kier molecular flexibility index (Phi) is 6.35. The summed E-state index contributed by atoms with van der Waals surface area (Å²) in [5.41, 5.74) is -0.414. The van der Waals surface area contributed by atoms with Gasteiger partial charge in [-0.1, -0.05) is 11.6 Å². The number of nitrogens with zero attached hydrogens (tertiary/aromatic N) is 3. The summed E-state index contributed by atoms with van der Waals surface area (Å²) >= 11 is 6.63. The van der Waals surface area contributed by atoms with Crippen molar-refractivity contribution in [2.24, 2.45) is 0 Å². The summed E-state index contributed by atoms with van der Waals surface area (Å²) in [6.07, 6.45) is 3.85. The summed E-state index contributed by atoms with van der Waals surface area (Å²) in [7, 11) is 1.85. The fourth-order valence-electron chi connectivity index (χ4n) is 3.96. The molecule has 162 valence electrons. The minimum atomic E-state index is -0.987. The lowest BCUT2D eigenvalue weighted by molar-refractivity contribution is -0.465. The number of likely N-dealkylation sites (N-methyl/N-ethyl adjacent to an activating group) is 1. The van der Waals surface area contributed by atoms with Crippen molar-refractivity contribution >= 4 is 46.4 Å². The number of fused-ring (bicyclic) bond motifs is 1. The SMILES string of the molecule is CN[C@H]1CCN(c2c(F)cc3c(=O)c(C(=O)C[N+](=O)[O-])cn(C4CC4)c3c2Cl)C1.Cl. The van der Waals surface area contributed by atoms with Gasteiger partial charge in [0.05, 0.1) is 27.2 Å². The molecule has 0 unspecified atom stereocenters. The van der Waals surface area contributed by atoms with Gasteiger partial charge in [-0.3, -0.25) is 19.7 Å². The van der Waals surface area contributed by atoms with E-state index in [9.17, 15) is 19.7 Å². The van der Waals surface area contributed by atoms with E-state index in [1.165, 1.54) is 6.20 Å². The zero-order chi connectivity index (χ0) is 20.9. The molecular formula is C19H21Cl2FN4O4. The first-order valence-corrected chi connectivity index (χ1v) is 9.83. The third-order valence-corrected chi connectivity index (χ3v) is 5.97. The van der Waals surface area contributed by atoms with E-state index in [4.69, 9.17) is 11.6 Å². The Morgan fingerprint density at radius 1 is 1.40 bits per heavy atom. The molecule has 1 aliphatic heterocycles. The number of ketones is 1. The van der Waals surface area contributed by atoms with E-state index in [-0.39, 0.29) is 46.2 Å². The second-order valence-electron chi connectivity index (χ2n) is 7.56. The molecule has 1 aromatic carbocycles. The summed E-state index contributed by atoms with van der Waals surface area (Å²) in [6.45, 7) is 0.228. The average molecular weight is 459 g/mol. The van der Waals surface area contributed by atoms with E-state index < -0.39 is 28.5 Å². The molecule has 1 atom stereocenters. The second kappa shape index (κ2) is 8.49. The number of hydrogen-bond donors (Lipinski definition) is 1. The van der Waals surface area contributed by atoms with Crippen molar-refractivity contribution in [2.75, 3.05) is 31.6 Å². The summed E-state index contributed by atoms with van der Waals surface area (Å²) in [5, 5.41) is 14.0. The molecule has 0 spiro atoms. The second-order valence-corrected chi connectivity index (χ2v) is 7.94. The zero-order valence-corrected chi connectivity index (χ0v) is 17.8. The van der Waals surface area contributed by atoms with E-state index in [0.717, 1.165) is 25.3 Å². The van der Waals surface area contributed by atoms with Crippen LogP contribution in [-0.4, -0.2) is 48.0 Å². The number of benzene rings is 1. The molecule has 1 aromatic heterocycles. The van der Waals surface area contributed by atoms with Crippen molar-refractivity contribution in [3.8, 4) is 0 Å². The van der Waals surface area contributed by atoms with Crippen LogP contribution < -0.4 is 15.6 Å². The maximum absolute atomic E-state index is 15.0. The number of pyridine rings is 1. The van der Waals surface area contributed by atoms with Gasteiger partial charge in [0.15, 0.2) is 0 Å². The Hall–Kier alpha value is -2.23. The molecule has 0 amide bonds. The maximum atomic E-state index is 15.0. The van der Waals surface area contributed by atoms with Crippen molar-refractivity contribution in [3.63, 3.8) is 0 Å². The Morgan fingerprint density at radius 2 is 2.10 bits per heavy atom. The summed E-state index contributed by atoms with van der Waals surface area (Å²) in [4.78, 5) is 36.9. The molecule has 1 saturated carbocycles. The van der Waals surface area contributed by atoms with Crippen LogP contribution in [0.5, 0.6) is 0 Å². The van der Waals surface area contributed by atoms with Crippen molar-refractivity contribution < 1.29 is 14.1 Å². The first kappa shape index (κ1) is 22.5. The van der Waals surface area contributed by atoms with Gasteiger partial charge in [-0.05, 0) is 32.4 Å². The van der Waals surface area contributed by atoms with Crippen LogP contribution in [0.25, 0.3) is 10.9 Å². The number of carbonyl (C=O) groups excluding carboxylic acids is 1. The molecule has 8 nitrogen and oxygen atoms in total. The minimum Gasteiger partial charge on any atom is -0.366 e. The van der Waals surface area contributed by atoms with E-state index in [0.29, 0.717) is 18.6 Å². The van der Waals surface area contributed by atoms with Crippen LogP contribution in [0.3, 0.4) is 0 Å². The van der Waals surface area contributed by atoms with Gasteiger partial charge in [0.1, 0.15) is 5.82 Å². The highest BCUT2D eigenvalue weighted by atomic mass is 35.5. The molecule has 2 fully saturated rings. The third kappa shape index (κ3) is 3.89. The predicted octanol–water partition coefficient (Wildman–Crippen LogP) is 2.81. The van der Waals surface area contributed by atoms with Gasteiger partial charge in [-0.15, -0.1) is 12.4 Å². The fourth-order valence-corrected chi connectivity index (χ4v) is 4.37. The van der Waals surface area contributed by atoms with Crippen LogP contribution in [0.1, 0.15) is 35.7 Å². The molecule has 1 aliphatic carbocycles. The molecule has 11 heteroatoms. The molecule has 4 rings (SSSR count). The summed E-state index contributed by atoms with van der Waals surface area (Å²) in [6, 6.07) is 1.35. The molecular weight excluding hydrogens is 438 g/mol. The lowest BCUT2D eigenvalue weighted by Crippen LogP contribution is -2.30. The quantitative estimate of drug-likeness (QED) is 0.406. The van der Waals surface area contributed by atoms with Crippen molar-refractivity contribution in [1.82, 2.24) is 9.88 Å². The van der Waals surface area contributed by atoms with Gasteiger partial charge in [0, 0.05) is 36.3 Å². The van der Waals surface area contributed by atoms with Crippen molar-refractivity contribution in [1.29, 1.82) is 0 Å². The number of carbonyl (C=O) groups is 1.